The van der Waals surface area contributed by atoms with Gasteiger partial charge in [0.2, 0.25) is 0 Å². The molecule has 0 saturated carbocycles. The fourth-order valence-corrected chi connectivity index (χ4v) is 3.06. The van der Waals surface area contributed by atoms with E-state index in [1.165, 1.54) is 0 Å². The molecule has 0 aliphatic heterocycles. The summed E-state index contributed by atoms with van der Waals surface area (Å²) in [4.78, 5) is 8.47. The van der Waals surface area contributed by atoms with Gasteiger partial charge in [0, 0.05) is 11.3 Å². The molecule has 0 bridgehead atoms. The Bertz CT molecular complexity index is 484. The Labute approximate surface area is 108 Å². The minimum absolute atomic E-state index is 0.161. The number of rotatable bonds is 5. The van der Waals surface area contributed by atoms with Crippen molar-refractivity contribution < 1.29 is 5.11 Å². The third kappa shape index (κ3) is 2.70. The molecule has 0 aliphatic rings. The maximum Gasteiger partial charge on any atom is 0.147 e. The van der Waals surface area contributed by atoms with Crippen LogP contribution in [0.3, 0.4) is 0 Å². The van der Waals surface area contributed by atoms with Crippen molar-refractivity contribution in [2.45, 2.75) is 18.2 Å². The predicted molar refractivity (Wildman–Crippen MR) is 74.9 cm³/mol. The lowest BCUT2D eigenvalue weighted by atomic mass is 10.2. The first-order valence-corrected chi connectivity index (χ1v) is 7.51. The minimum atomic E-state index is 0.161. The van der Waals surface area contributed by atoms with Crippen molar-refractivity contribution in [3.63, 3.8) is 0 Å². The summed E-state index contributed by atoms with van der Waals surface area (Å²) in [7, 11) is 0. The number of thioether (sulfide) groups is 1. The first-order chi connectivity index (χ1) is 8.26. The Kier molecular flexibility index (Phi) is 4.20. The van der Waals surface area contributed by atoms with Crippen LogP contribution in [0.15, 0.2) is 17.8 Å². The van der Waals surface area contributed by atoms with E-state index in [4.69, 9.17) is 0 Å². The summed E-state index contributed by atoms with van der Waals surface area (Å²) in [5.74, 6) is 0.852. The number of hydrogen-bond donors (Lipinski definition) is 2. The van der Waals surface area contributed by atoms with E-state index in [1.54, 1.807) is 29.4 Å². The second kappa shape index (κ2) is 5.66. The molecule has 0 radical (unpaired) electrons. The lowest BCUT2D eigenvalue weighted by molar-refractivity contribution is 0.288. The highest BCUT2D eigenvalue weighted by molar-refractivity contribution is 7.99. The molecule has 17 heavy (non-hydrogen) atoms. The van der Waals surface area contributed by atoms with Gasteiger partial charge in [-0.3, -0.25) is 0 Å². The molecule has 2 aromatic rings. The predicted octanol–water partition coefficient (Wildman–Crippen LogP) is 2.22. The van der Waals surface area contributed by atoms with Crippen LogP contribution in [0.25, 0.3) is 10.2 Å². The largest absolute Gasteiger partial charge is 0.395 e. The standard InChI is InChI=1S/C11H15N3OS2/c1-7(9(5-15)16-2)14-11-10-8(3-4-17-10)12-6-13-11/h3-4,6-7,9,15H,5H2,1-2H3,(H,12,13,14). The number of anilines is 1. The molecule has 0 aromatic carbocycles. The van der Waals surface area contributed by atoms with Gasteiger partial charge in [0.1, 0.15) is 12.1 Å². The van der Waals surface area contributed by atoms with E-state index >= 15 is 0 Å². The molecule has 4 nitrogen and oxygen atoms in total. The van der Waals surface area contributed by atoms with Crippen molar-refractivity contribution in [3.8, 4) is 0 Å². The second-order valence-electron chi connectivity index (χ2n) is 3.75. The highest BCUT2D eigenvalue weighted by atomic mass is 32.2. The number of aromatic nitrogens is 2. The van der Waals surface area contributed by atoms with Crippen LogP contribution in [0.2, 0.25) is 0 Å². The van der Waals surface area contributed by atoms with Gasteiger partial charge in [-0.05, 0) is 24.6 Å². The summed E-state index contributed by atoms with van der Waals surface area (Å²) in [5, 5.41) is 14.8. The van der Waals surface area contributed by atoms with Crippen LogP contribution in [-0.2, 0) is 0 Å². The third-order valence-corrected chi connectivity index (χ3v) is 4.72. The van der Waals surface area contributed by atoms with E-state index in [1.807, 2.05) is 17.7 Å². The van der Waals surface area contributed by atoms with Crippen molar-refractivity contribution >= 4 is 39.1 Å². The molecule has 2 N–H and O–H groups in total. The Hall–Kier alpha value is -0.850. The summed E-state index contributed by atoms with van der Waals surface area (Å²) in [6.07, 6.45) is 3.57. The summed E-state index contributed by atoms with van der Waals surface area (Å²) < 4.78 is 1.07. The van der Waals surface area contributed by atoms with Crippen LogP contribution in [0, 0.1) is 0 Å². The van der Waals surface area contributed by atoms with Crippen LogP contribution < -0.4 is 5.32 Å². The van der Waals surface area contributed by atoms with Gasteiger partial charge in [0.15, 0.2) is 0 Å². The molecule has 0 aliphatic carbocycles. The van der Waals surface area contributed by atoms with Crippen LogP contribution >= 0.6 is 23.1 Å². The van der Waals surface area contributed by atoms with E-state index in [-0.39, 0.29) is 17.9 Å². The fraction of sp³-hybridized carbons (Fsp3) is 0.455. The lowest BCUT2D eigenvalue weighted by Crippen LogP contribution is -2.31. The Morgan fingerprint density at radius 1 is 1.53 bits per heavy atom. The van der Waals surface area contributed by atoms with Crippen LogP contribution in [0.5, 0.6) is 0 Å². The van der Waals surface area contributed by atoms with Crippen molar-refractivity contribution in [1.29, 1.82) is 0 Å². The molecule has 2 unspecified atom stereocenters. The molecule has 6 heteroatoms. The second-order valence-corrected chi connectivity index (χ2v) is 5.74. The Balaban J connectivity index is 2.20. The van der Waals surface area contributed by atoms with Crippen molar-refractivity contribution in [1.82, 2.24) is 9.97 Å². The molecular weight excluding hydrogens is 254 g/mol. The number of thiophene rings is 1. The number of fused-ring (bicyclic) bond motifs is 1. The summed E-state index contributed by atoms with van der Waals surface area (Å²) in [6.45, 7) is 2.22. The van der Waals surface area contributed by atoms with Crippen LogP contribution in [0.1, 0.15) is 6.92 Å². The van der Waals surface area contributed by atoms with Gasteiger partial charge < -0.3 is 10.4 Å². The maximum atomic E-state index is 9.26. The normalized spacial score (nSPS) is 14.8. The minimum Gasteiger partial charge on any atom is -0.395 e. The molecule has 2 aromatic heterocycles. The highest BCUT2D eigenvalue weighted by Crippen LogP contribution is 2.26. The molecule has 0 amide bonds. The number of aliphatic hydroxyl groups excluding tert-OH is 1. The van der Waals surface area contributed by atoms with Crippen molar-refractivity contribution in [2.24, 2.45) is 0 Å². The molecule has 0 fully saturated rings. The average Bonchev–Trinajstić information content (AvgIpc) is 2.80. The number of nitrogens with one attached hydrogen (secondary N) is 1. The zero-order chi connectivity index (χ0) is 12.3. The van der Waals surface area contributed by atoms with Gasteiger partial charge in [-0.15, -0.1) is 11.3 Å². The smallest absolute Gasteiger partial charge is 0.147 e. The van der Waals surface area contributed by atoms with E-state index in [0.717, 1.165) is 16.0 Å². The third-order valence-electron chi connectivity index (χ3n) is 2.65. The summed E-state index contributed by atoms with van der Waals surface area (Å²) in [5.41, 5.74) is 0.962. The molecule has 2 atom stereocenters. The maximum absolute atomic E-state index is 9.26. The van der Waals surface area contributed by atoms with Gasteiger partial charge in [-0.2, -0.15) is 11.8 Å². The van der Waals surface area contributed by atoms with Gasteiger partial charge in [-0.25, -0.2) is 9.97 Å². The van der Waals surface area contributed by atoms with Crippen LogP contribution in [-0.4, -0.2) is 39.2 Å². The Morgan fingerprint density at radius 3 is 3.06 bits per heavy atom. The Morgan fingerprint density at radius 2 is 2.35 bits per heavy atom. The zero-order valence-electron chi connectivity index (χ0n) is 9.75. The molecular formula is C11H15N3OS2. The quantitative estimate of drug-likeness (QED) is 0.871. The summed E-state index contributed by atoms with van der Waals surface area (Å²) in [6, 6.07) is 2.14. The average molecular weight is 269 g/mol. The fourth-order valence-electron chi connectivity index (χ4n) is 1.64. The first-order valence-electron chi connectivity index (χ1n) is 5.34. The first kappa shape index (κ1) is 12.6. The molecule has 0 saturated heterocycles. The molecule has 0 spiro atoms. The van der Waals surface area contributed by atoms with Gasteiger partial charge in [-0.1, -0.05) is 0 Å². The zero-order valence-corrected chi connectivity index (χ0v) is 11.4. The topological polar surface area (TPSA) is 58.0 Å². The van der Waals surface area contributed by atoms with E-state index in [2.05, 4.69) is 22.2 Å². The number of nitrogens with zero attached hydrogens (tertiary/aromatic N) is 2. The van der Waals surface area contributed by atoms with Gasteiger partial charge in [0.05, 0.1) is 16.8 Å². The van der Waals surface area contributed by atoms with E-state index < -0.39 is 0 Å². The molecule has 92 valence electrons. The number of aliphatic hydroxyl groups is 1. The van der Waals surface area contributed by atoms with Gasteiger partial charge >= 0.3 is 0 Å². The number of hydrogen-bond acceptors (Lipinski definition) is 6. The van der Waals surface area contributed by atoms with Crippen molar-refractivity contribution in [2.75, 3.05) is 18.2 Å². The van der Waals surface area contributed by atoms with E-state index in [9.17, 15) is 5.11 Å². The van der Waals surface area contributed by atoms with Gasteiger partial charge in [0.25, 0.3) is 0 Å². The SMILES string of the molecule is CSC(CO)C(C)Nc1ncnc2ccsc12. The summed E-state index contributed by atoms with van der Waals surface area (Å²) >= 11 is 3.28. The van der Waals surface area contributed by atoms with Crippen LogP contribution in [0.4, 0.5) is 5.82 Å². The monoisotopic (exact) mass is 269 g/mol. The molecule has 2 rings (SSSR count). The lowest BCUT2D eigenvalue weighted by Gasteiger charge is -2.21. The van der Waals surface area contributed by atoms with Crippen molar-refractivity contribution in [3.05, 3.63) is 17.8 Å². The molecule has 2 heterocycles. The highest BCUT2D eigenvalue weighted by Gasteiger charge is 2.16. The van der Waals surface area contributed by atoms with E-state index in [0.29, 0.717) is 0 Å².